The first kappa shape index (κ1) is 38.3. The molecule has 0 aliphatic rings. The first-order chi connectivity index (χ1) is 30.7. The van der Waals surface area contributed by atoms with Gasteiger partial charge in [-0.05, 0) is 106 Å². The van der Waals surface area contributed by atoms with Gasteiger partial charge in [0, 0.05) is 28.1 Å². The molecule has 0 aromatic heterocycles. The molecule has 0 spiro atoms. The smallest absolute Gasteiger partial charge is 0.0721 e. The van der Waals surface area contributed by atoms with Crippen molar-refractivity contribution in [1.82, 2.24) is 0 Å². The van der Waals surface area contributed by atoms with Crippen molar-refractivity contribution >= 4 is 44.9 Å². The number of hydrogen-bond donors (Lipinski definition) is 0. The zero-order valence-corrected chi connectivity index (χ0v) is 34.7. The van der Waals surface area contributed by atoms with E-state index in [1.807, 2.05) is 0 Å². The molecule has 0 unspecified atom stereocenters. The number of hydrogen-bond acceptors (Lipinski definition) is 2. The molecule has 10 rings (SSSR count). The molecule has 0 aliphatic heterocycles. The maximum atomic E-state index is 2.42. The summed E-state index contributed by atoms with van der Waals surface area (Å²) in [4.78, 5) is 4.78. The molecule has 0 atom stereocenters. The molecule has 0 amide bonds. The van der Waals surface area contributed by atoms with Gasteiger partial charge in [0.2, 0.25) is 0 Å². The summed E-state index contributed by atoms with van der Waals surface area (Å²) in [7, 11) is 0. The number of aryl methyl sites for hydroxylation is 1. The Bertz CT molecular complexity index is 2930. The Kier molecular flexibility index (Phi) is 10.5. The molecule has 0 N–H and O–H groups in total. The third kappa shape index (κ3) is 7.12. The van der Waals surface area contributed by atoms with E-state index in [1.165, 1.54) is 38.6 Å². The van der Waals surface area contributed by atoms with Crippen LogP contribution in [0.1, 0.15) is 27.8 Å². The van der Waals surface area contributed by atoms with Gasteiger partial charge in [-0.15, -0.1) is 0 Å². The number of nitrogens with zero attached hydrogens (tertiary/aromatic N) is 2. The lowest BCUT2D eigenvalue weighted by Gasteiger charge is -2.40. The van der Waals surface area contributed by atoms with Gasteiger partial charge in [-0.2, -0.15) is 0 Å². The second kappa shape index (κ2) is 17.0. The van der Waals surface area contributed by atoms with Gasteiger partial charge in [-0.1, -0.05) is 206 Å². The van der Waals surface area contributed by atoms with Crippen LogP contribution < -0.4 is 9.80 Å². The molecule has 0 bridgehead atoms. The molecule has 0 fully saturated rings. The molecule has 0 heterocycles. The zero-order valence-electron chi connectivity index (χ0n) is 34.7. The lowest BCUT2D eigenvalue weighted by atomic mass is 9.64. The predicted molar refractivity (Wildman–Crippen MR) is 262 cm³/mol. The average Bonchev–Trinajstić information content (AvgIpc) is 3.35. The summed E-state index contributed by atoms with van der Waals surface area (Å²) in [6, 6.07) is 94.5. The van der Waals surface area contributed by atoms with Crippen molar-refractivity contribution in [2.45, 2.75) is 12.3 Å². The Morgan fingerprint density at radius 3 is 1.19 bits per heavy atom. The van der Waals surface area contributed by atoms with Crippen molar-refractivity contribution < 1.29 is 0 Å². The fourth-order valence-electron chi connectivity index (χ4n) is 9.15. The highest BCUT2D eigenvalue weighted by atomic mass is 15.1. The fourth-order valence-corrected chi connectivity index (χ4v) is 9.15. The van der Waals surface area contributed by atoms with E-state index in [1.54, 1.807) is 0 Å². The van der Waals surface area contributed by atoms with Crippen LogP contribution in [0.15, 0.2) is 261 Å². The molecule has 62 heavy (non-hydrogen) atoms. The minimum Gasteiger partial charge on any atom is -0.310 e. The first-order valence-electron chi connectivity index (χ1n) is 21.3. The van der Waals surface area contributed by atoms with Crippen molar-refractivity contribution in [3.63, 3.8) is 0 Å². The number of benzene rings is 10. The highest BCUT2D eigenvalue weighted by Gasteiger charge is 2.41. The molecule has 2 nitrogen and oxygen atoms in total. The van der Waals surface area contributed by atoms with Crippen LogP contribution in [-0.2, 0) is 5.41 Å². The Balaban J connectivity index is 1.09. The molecule has 296 valence electrons. The second-order valence-electron chi connectivity index (χ2n) is 15.8. The standard InChI is InChI=1S/C60H46N2/c1-45-33-39-53(40-34-45)62(59-31-17-16-30-57(59)60(49-21-6-2-7-22-49,50-23-8-3-9-24-50)51-25-10-4-11-26-51)55-43-37-47(38-44-55)46-35-41-54(42-36-46)61(52-27-12-5-13-28-52)58-32-18-20-48-19-14-15-29-56(48)58/h2-44H,1H3. The Morgan fingerprint density at radius 1 is 0.290 bits per heavy atom. The van der Waals surface area contributed by atoms with Gasteiger partial charge in [0.15, 0.2) is 0 Å². The van der Waals surface area contributed by atoms with Gasteiger partial charge in [0.1, 0.15) is 0 Å². The summed E-state index contributed by atoms with van der Waals surface area (Å²) < 4.78 is 0. The molecular weight excluding hydrogens is 749 g/mol. The van der Waals surface area contributed by atoms with Gasteiger partial charge in [0.05, 0.1) is 16.8 Å². The van der Waals surface area contributed by atoms with Gasteiger partial charge < -0.3 is 9.80 Å². The van der Waals surface area contributed by atoms with Crippen molar-refractivity contribution in [3.05, 3.63) is 289 Å². The van der Waals surface area contributed by atoms with Crippen LogP contribution in [-0.4, -0.2) is 0 Å². The number of rotatable bonds is 11. The third-order valence-electron chi connectivity index (χ3n) is 12.1. The van der Waals surface area contributed by atoms with Crippen molar-refractivity contribution in [3.8, 4) is 11.1 Å². The largest absolute Gasteiger partial charge is 0.310 e. The molecule has 2 heteroatoms. The number of anilines is 6. The van der Waals surface area contributed by atoms with E-state index in [2.05, 4.69) is 278 Å². The summed E-state index contributed by atoms with van der Waals surface area (Å²) in [6.45, 7) is 2.15. The fraction of sp³-hybridized carbons (Fsp3) is 0.0333. The molecule has 0 aliphatic carbocycles. The Morgan fingerprint density at radius 2 is 0.661 bits per heavy atom. The van der Waals surface area contributed by atoms with E-state index in [-0.39, 0.29) is 0 Å². The first-order valence-corrected chi connectivity index (χ1v) is 21.3. The van der Waals surface area contributed by atoms with E-state index in [0.717, 1.165) is 45.3 Å². The van der Waals surface area contributed by atoms with Crippen LogP contribution >= 0.6 is 0 Å². The predicted octanol–water partition coefficient (Wildman–Crippen LogP) is 16.1. The molecule has 0 saturated carbocycles. The van der Waals surface area contributed by atoms with Crippen molar-refractivity contribution in [1.29, 1.82) is 0 Å². The lowest BCUT2D eigenvalue weighted by molar-refractivity contribution is 0.745. The number of para-hydroxylation sites is 2. The average molecular weight is 795 g/mol. The van der Waals surface area contributed by atoms with E-state index < -0.39 is 5.41 Å². The van der Waals surface area contributed by atoms with Gasteiger partial charge >= 0.3 is 0 Å². The minimum atomic E-state index is -0.620. The SMILES string of the molecule is Cc1ccc(N(c2ccc(-c3ccc(N(c4ccccc4)c4cccc5ccccc45)cc3)cc2)c2ccccc2C(c2ccccc2)(c2ccccc2)c2ccccc2)cc1. The minimum absolute atomic E-state index is 0.620. The van der Waals surface area contributed by atoms with E-state index in [4.69, 9.17) is 0 Å². The summed E-state index contributed by atoms with van der Waals surface area (Å²) in [5.74, 6) is 0. The quantitative estimate of drug-likeness (QED) is 0.120. The van der Waals surface area contributed by atoms with Crippen LogP contribution in [0.5, 0.6) is 0 Å². The lowest BCUT2D eigenvalue weighted by Crippen LogP contribution is -2.32. The molecule has 10 aromatic carbocycles. The Hall–Kier alpha value is -7.94. The molecule has 0 radical (unpaired) electrons. The highest BCUT2D eigenvalue weighted by molar-refractivity contribution is 5.99. The third-order valence-corrected chi connectivity index (χ3v) is 12.1. The maximum Gasteiger partial charge on any atom is 0.0721 e. The van der Waals surface area contributed by atoms with Crippen LogP contribution in [0.25, 0.3) is 21.9 Å². The maximum absolute atomic E-state index is 2.42. The highest BCUT2D eigenvalue weighted by Crippen LogP contribution is 2.51. The van der Waals surface area contributed by atoms with E-state index >= 15 is 0 Å². The second-order valence-corrected chi connectivity index (χ2v) is 15.8. The van der Waals surface area contributed by atoms with Crippen molar-refractivity contribution in [2.75, 3.05) is 9.80 Å². The van der Waals surface area contributed by atoms with Crippen molar-refractivity contribution in [2.24, 2.45) is 0 Å². The topological polar surface area (TPSA) is 6.48 Å². The van der Waals surface area contributed by atoms with Crippen LogP contribution in [0.4, 0.5) is 34.1 Å². The van der Waals surface area contributed by atoms with Gasteiger partial charge in [0.25, 0.3) is 0 Å². The number of fused-ring (bicyclic) bond motifs is 1. The zero-order chi connectivity index (χ0) is 41.7. The van der Waals surface area contributed by atoms with Crippen LogP contribution in [0.3, 0.4) is 0 Å². The van der Waals surface area contributed by atoms with Crippen LogP contribution in [0.2, 0.25) is 0 Å². The Labute approximate surface area is 365 Å². The normalized spacial score (nSPS) is 11.3. The summed E-state index contributed by atoms with van der Waals surface area (Å²) in [5, 5.41) is 2.43. The molecule has 0 saturated heterocycles. The van der Waals surface area contributed by atoms with Crippen LogP contribution in [0, 0.1) is 6.92 Å². The summed E-state index contributed by atoms with van der Waals surface area (Å²) in [6.07, 6.45) is 0. The monoisotopic (exact) mass is 794 g/mol. The summed E-state index contributed by atoms with van der Waals surface area (Å²) in [5.41, 5.74) is 14.4. The van der Waals surface area contributed by atoms with Gasteiger partial charge in [-0.25, -0.2) is 0 Å². The molecular formula is C60H46N2. The summed E-state index contributed by atoms with van der Waals surface area (Å²) >= 11 is 0. The molecule has 10 aromatic rings. The van der Waals surface area contributed by atoms with E-state index in [0.29, 0.717) is 0 Å². The van der Waals surface area contributed by atoms with Gasteiger partial charge in [-0.3, -0.25) is 0 Å². The van der Waals surface area contributed by atoms with E-state index in [9.17, 15) is 0 Å².